The van der Waals surface area contributed by atoms with E-state index in [0.717, 1.165) is 30.2 Å². The van der Waals surface area contributed by atoms with E-state index in [1.807, 2.05) is 19.1 Å². The Balaban J connectivity index is 1.74. The third-order valence-electron chi connectivity index (χ3n) is 4.34. The van der Waals surface area contributed by atoms with E-state index in [2.05, 4.69) is 43.0 Å². The van der Waals surface area contributed by atoms with Crippen molar-refractivity contribution < 1.29 is 14.6 Å². The zero-order chi connectivity index (χ0) is 17.1. The lowest BCUT2D eigenvalue weighted by Crippen LogP contribution is -2.30. The van der Waals surface area contributed by atoms with Crippen LogP contribution >= 0.6 is 0 Å². The fraction of sp³-hybridized carbons (Fsp3) is 0.400. The van der Waals surface area contributed by atoms with E-state index in [9.17, 15) is 5.11 Å². The number of hydrogen-bond acceptors (Lipinski definition) is 4. The summed E-state index contributed by atoms with van der Waals surface area (Å²) in [6.07, 6.45) is -0.370. The first-order valence-corrected chi connectivity index (χ1v) is 8.36. The van der Waals surface area contributed by atoms with Gasteiger partial charge in [0.05, 0.1) is 6.10 Å². The Bertz CT molecular complexity index is 712. The highest BCUT2D eigenvalue weighted by molar-refractivity contribution is 5.44. The van der Waals surface area contributed by atoms with Crippen LogP contribution in [0, 0.1) is 13.8 Å². The van der Waals surface area contributed by atoms with Crippen molar-refractivity contribution in [1.82, 2.24) is 4.90 Å². The molecule has 1 unspecified atom stereocenters. The minimum atomic E-state index is -0.370. The van der Waals surface area contributed by atoms with Gasteiger partial charge in [-0.05, 0) is 55.2 Å². The van der Waals surface area contributed by atoms with Gasteiger partial charge in [-0.15, -0.1) is 0 Å². The molecule has 3 rings (SSSR count). The quantitative estimate of drug-likeness (QED) is 0.883. The number of hydrogen-bond donors (Lipinski definition) is 1. The molecule has 0 saturated carbocycles. The van der Waals surface area contributed by atoms with Crippen LogP contribution in [0.1, 0.15) is 29.2 Å². The molecule has 2 aromatic rings. The molecule has 0 aliphatic carbocycles. The molecule has 0 amide bonds. The molecule has 0 spiro atoms. The van der Waals surface area contributed by atoms with Crippen LogP contribution in [0.25, 0.3) is 0 Å². The third kappa shape index (κ3) is 4.08. The Morgan fingerprint density at radius 1 is 0.958 bits per heavy atom. The molecule has 0 saturated heterocycles. The van der Waals surface area contributed by atoms with E-state index in [1.165, 1.54) is 16.7 Å². The number of aliphatic hydroxyl groups is 1. The topological polar surface area (TPSA) is 41.9 Å². The van der Waals surface area contributed by atoms with Gasteiger partial charge in [-0.2, -0.15) is 0 Å². The van der Waals surface area contributed by atoms with Crippen LogP contribution in [-0.2, 0) is 13.1 Å². The van der Waals surface area contributed by atoms with E-state index in [1.54, 1.807) is 0 Å². The average Bonchev–Trinajstić information content (AvgIpc) is 2.98. The highest BCUT2D eigenvalue weighted by Crippen LogP contribution is 2.33. The summed E-state index contributed by atoms with van der Waals surface area (Å²) in [5, 5.41) is 9.85. The summed E-state index contributed by atoms with van der Waals surface area (Å²) < 4.78 is 10.8. The van der Waals surface area contributed by atoms with Gasteiger partial charge < -0.3 is 14.6 Å². The van der Waals surface area contributed by atoms with Crippen molar-refractivity contribution in [3.63, 3.8) is 0 Å². The normalized spacial score (nSPS) is 14.2. The van der Waals surface area contributed by atoms with E-state index in [-0.39, 0.29) is 6.10 Å². The van der Waals surface area contributed by atoms with Crippen LogP contribution < -0.4 is 9.47 Å². The van der Waals surface area contributed by atoms with Gasteiger partial charge in [0.25, 0.3) is 0 Å². The van der Waals surface area contributed by atoms with Gasteiger partial charge in [0, 0.05) is 19.6 Å². The maximum absolute atomic E-state index is 9.85. The van der Waals surface area contributed by atoms with Crippen molar-refractivity contribution >= 4 is 0 Å². The van der Waals surface area contributed by atoms with Crippen molar-refractivity contribution in [2.45, 2.75) is 40.0 Å². The molecule has 2 aromatic carbocycles. The lowest BCUT2D eigenvalue weighted by Gasteiger charge is -2.24. The number of aliphatic hydroxyl groups excluding tert-OH is 1. The van der Waals surface area contributed by atoms with Gasteiger partial charge >= 0.3 is 0 Å². The second-order valence-electron chi connectivity index (χ2n) is 6.62. The van der Waals surface area contributed by atoms with Gasteiger partial charge in [0.1, 0.15) is 0 Å². The molecule has 1 N–H and O–H groups in total. The Morgan fingerprint density at radius 2 is 1.62 bits per heavy atom. The number of fused-ring (bicyclic) bond motifs is 1. The molecule has 1 heterocycles. The second kappa shape index (κ2) is 7.24. The molecule has 128 valence electrons. The van der Waals surface area contributed by atoms with E-state index in [0.29, 0.717) is 13.3 Å². The lowest BCUT2D eigenvalue weighted by atomic mass is 10.1. The molecule has 4 nitrogen and oxygen atoms in total. The SMILES string of the molecule is Cc1ccc(CN(Cc2ccc3c(c2)OCO3)CC(C)O)cc1C. The van der Waals surface area contributed by atoms with Crippen LogP contribution in [0.5, 0.6) is 11.5 Å². The number of benzene rings is 2. The lowest BCUT2D eigenvalue weighted by molar-refractivity contribution is 0.118. The highest BCUT2D eigenvalue weighted by atomic mass is 16.7. The minimum absolute atomic E-state index is 0.290. The van der Waals surface area contributed by atoms with Crippen LogP contribution in [0.3, 0.4) is 0 Å². The van der Waals surface area contributed by atoms with Crippen molar-refractivity contribution in [2.75, 3.05) is 13.3 Å². The molecule has 0 aromatic heterocycles. The molecule has 0 bridgehead atoms. The van der Waals surface area contributed by atoms with Gasteiger partial charge in [-0.1, -0.05) is 24.3 Å². The Hall–Kier alpha value is -2.04. The predicted molar refractivity (Wildman–Crippen MR) is 94.3 cm³/mol. The van der Waals surface area contributed by atoms with Gasteiger partial charge in [-0.3, -0.25) is 4.90 Å². The maximum Gasteiger partial charge on any atom is 0.231 e. The van der Waals surface area contributed by atoms with Crippen molar-refractivity contribution in [3.05, 3.63) is 58.7 Å². The Labute approximate surface area is 143 Å². The molecule has 24 heavy (non-hydrogen) atoms. The zero-order valence-corrected chi connectivity index (χ0v) is 14.6. The van der Waals surface area contributed by atoms with Crippen molar-refractivity contribution in [2.24, 2.45) is 0 Å². The largest absolute Gasteiger partial charge is 0.454 e. The Kier molecular flexibility index (Phi) is 5.07. The summed E-state index contributed by atoms with van der Waals surface area (Å²) in [5.41, 5.74) is 5.02. The first-order valence-electron chi connectivity index (χ1n) is 8.36. The van der Waals surface area contributed by atoms with Crippen molar-refractivity contribution in [3.8, 4) is 11.5 Å². The fourth-order valence-corrected chi connectivity index (χ4v) is 3.02. The fourth-order valence-electron chi connectivity index (χ4n) is 3.02. The summed E-state index contributed by atoms with van der Waals surface area (Å²) in [7, 11) is 0. The predicted octanol–water partition coefficient (Wildman–Crippen LogP) is 3.42. The number of ether oxygens (including phenoxy) is 2. The van der Waals surface area contributed by atoms with Crippen LogP contribution in [0.4, 0.5) is 0 Å². The summed E-state index contributed by atoms with van der Waals surface area (Å²) in [6.45, 7) is 8.57. The average molecular weight is 327 g/mol. The smallest absolute Gasteiger partial charge is 0.231 e. The highest BCUT2D eigenvalue weighted by Gasteiger charge is 2.16. The van der Waals surface area contributed by atoms with Gasteiger partial charge in [-0.25, -0.2) is 0 Å². The zero-order valence-electron chi connectivity index (χ0n) is 14.6. The summed E-state index contributed by atoms with van der Waals surface area (Å²) in [4.78, 5) is 2.26. The summed E-state index contributed by atoms with van der Waals surface area (Å²) in [5.74, 6) is 1.60. The van der Waals surface area contributed by atoms with Crippen LogP contribution in [0.2, 0.25) is 0 Å². The molecule has 0 radical (unpaired) electrons. The standard InChI is InChI=1S/C20H25NO3/c1-14-4-5-17(8-15(14)2)11-21(10-16(3)22)12-18-6-7-19-20(9-18)24-13-23-19/h4-9,16,22H,10-13H2,1-3H3. The number of aryl methyl sites for hydroxylation is 2. The van der Waals surface area contributed by atoms with E-state index >= 15 is 0 Å². The van der Waals surface area contributed by atoms with E-state index < -0.39 is 0 Å². The van der Waals surface area contributed by atoms with Crippen LogP contribution in [0.15, 0.2) is 36.4 Å². The van der Waals surface area contributed by atoms with Gasteiger partial charge in [0.15, 0.2) is 11.5 Å². The molecule has 4 heteroatoms. The van der Waals surface area contributed by atoms with E-state index in [4.69, 9.17) is 9.47 Å². The minimum Gasteiger partial charge on any atom is -0.454 e. The second-order valence-corrected chi connectivity index (χ2v) is 6.62. The molecule has 1 aliphatic heterocycles. The van der Waals surface area contributed by atoms with Crippen LogP contribution in [-0.4, -0.2) is 29.4 Å². The molecule has 1 atom stereocenters. The number of nitrogens with zero attached hydrogens (tertiary/aromatic N) is 1. The summed E-state index contributed by atoms with van der Waals surface area (Å²) in [6, 6.07) is 12.6. The molecular formula is C20H25NO3. The monoisotopic (exact) mass is 327 g/mol. The first-order chi connectivity index (χ1) is 11.5. The van der Waals surface area contributed by atoms with Crippen molar-refractivity contribution in [1.29, 1.82) is 0 Å². The number of rotatable bonds is 6. The summed E-state index contributed by atoms with van der Waals surface area (Å²) >= 11 is 0. The first kappa shape index (κ1) is 16.8. The molecular weight excluding hydrogens is 302 g/mol. The molecule has 1 aliphatic rings. The Morgan fingerprint density at radius 3 is 2.33 bits per heavy atom. The maximum atomic E-state index is 9.85. The van der Waals surface area contributed by atoms with Gasteiger partial charge in [0.2, 0.25) is 6.79 Å². The molecule has 0 fully saturated rings. The third-order valence-corrected chi connectivity index (χ3v) is 4.34.